The van der Waals surface area contributed by atoms with E-state index in [0.717, 1.165) is 21.8 Å². The van der Waals surface area contributed by atoms with Crippen molar-refractivity contribution in [1.82, 2.24) is 9.88 Å². The van der Waals surface area contributed by atoms with Gasteiger partial charge in [0, 0.05) is 29.4 Å². The van der Waals surface area contributed by atoms with Crippen LogP contribution in [-0.2, 0) is 16.1 Å². The highest BCUT2D eigenvalue weighted by Crippen LogP contribution is 2.42. The van der Waals surface area contributed by atoms with Crippen LogP contribution >= 0.6 is 11.3 Å². The zero-order chi connectivity index (χ0) is 23.5. The predicted molar refractivity (Wildman–Crippen MR) is 128 cm³/mol. The molecule has 0 bridgehead atoms. The second-order valence-corrected chi connectivity index (χ2v) is 9.12. The first-order valence-corrected chi connectivity index (χ1v) is 11.8. The van der Waals surface area contributed by atoms with Gasteiger partial charge in [0.15, 0.2) is 0 Å². The van der Waals surface area contributed by atoms with Crippen LogP contribution in [0.25, 0.3) is 5.76 Å². The fourth-order valence-corrected chi connectivity index (χ4v) is 4.91. The number of thiophene rings is 1. The highest BCUT2D eigenvalue weighted by atomic mass is 32.1. The molecule has 1 unspecified atom stereocenters. The van der Waals surface area contributed by atoms with Crippen LogP contribution in [0.15, 0.2) is 65.8 Å². The molecule has 2 aromatic heterocycles. The van der Waals surface area contributed by atoms with Gasteiger partial charge < -0.3 is 14.7 Å². The number of benzene rings is 1. The van der Waals surface area contributed by atoms with Crippen molar-refractivity contribution in [3.63, 3.8) is 0 Å². The maximum absolute atomic E-state index is 13.2. The Labute approximate surface area is 197 Å². The van der Waals surface area contributed by atoms with E-state index in [1.807, 2.05) is 56.5 Å². The zero-order valence-corrected chi connectivity index (χ0v) is 19.6. The minimum absolute atomic E-state index is 0.107. The Hall–Kier alpha value is -3.45. The van der Waals surface area contributed by atoms with Crippen LogP contribution in [0, 0.1) is 0 Å². The largest absolute Gasteiger partial charge is 0.507 e. The lowest BCUT2D eigenvalue weighted by Gasteiger charge is -2.24. The molecule has 0 radical (unpaired) electrons. The van der Waals surface area contributed by atoms with Gasteiger partial charge >= 0.3 is 0 Å². The van der Waals surface area contributed by atoms with Crippen LogP contribution in [0.2, 0.25) is 0 Å². The molecule has 0 spiro atoms. The molecule has 1 aliphatic rings. The molecule has 1 aromatic carbocycles. The van der Waals surface area contributed by atoms with Crippen molar-refractivity contribution in [3.05, 3.63) is 87.4 Å². The minimum atomic E-state index is -0.681. The molecule has 0 saturated carbocycles. The number of hydrogen-bond acceptors (Lipinski definition) is 6. The summed E-state index contributed by atoms with van der Waals surface area (Å²) in [4.78, 5) is 32.6. The molecule has 170 valence electrons. The van der Waals surface area contributed by atoms with Crippen LogP contribution in [-0.4, -0.2) is 33.3 Å². The van der Waals surface area contributed by atoms with Crippen LogP contribution in [0.5, 0.6) is 5.75 Å². The van der Waals surface area contributed by atoms with E-state index in [-0.39, 0.29) is 23.8 Å². The normalized spacial score (nSPS) is 17.7. The summed E-state index contributed by atoms with van der Waals surface area (Å²) in [5, 5.41) is 13.2. The second-order valence-electron chi connectivity index (χ2n) is 8.14. The van der Waals surface area contributed by atoms with Crippen molar-refractivity contribution in [3.8, 4) is 5.75 Å². The number of ketones is 1. The lowest BCUT2D eigenvalue weighted by molar-refractivity contribution is -0.140. The van der Waals surface area contributed by atoms with Gasteiger partial charge in [0.25, 0.3) is 11.7 Å². The van der Waals surface area contributed by atoms with Gasteiger partial charge in [0.05, 0.1) is 18.2 Å². The topological polar surface area (TPSA) is 79.7 Å². The number of Topliss-reactive ketones (excluding diaryl/α,β-unsaturated/α-hetero) is 1. The number of aliphatic hydroxyl groups is 1. The monoisotopic (exact) mass is 462 g/mol. The zero-order valence-electron chi connectivity index (χ0n) is 18.8. The van der Waals surface area contributed by atoms with Crippen LogP contribution in [0.4, 0.5) is 0 Å². The molecule has 1 saturated heterocycles. The number of nitrogens with zero attached hydrogens (tertiary/aromatic N) is 2. The van der Waals surface area contributed by atoms with Crippen LogP contribution < -0.4 is 4.74 Å². The number of carbonyl (C=O) groups excluding carboxylic acids is 2. The molecule has 0 aliphatic carbocycles. The molecule has 3 heterocycles. The van der Waals surface area contributed by atoms with Crippen molar-refractivity contribution in [1.29, 1.82) is 0 Å². The van der Waals surface area contributed by atoms with Crippen molar-refractivity contribution in [2.24, 2.45) is 0 Å². The van der Waals surface area contributed by atoms with E-state index in [1.54, 1.807) is 24.5 Å². The number of aromatic nitrogens is 1. The lowest BCUT2D eigenvalue weighted by atomic mass is 9.95. The van der Waals surface area contributed by atoms with Gasteiger partial charge in [-0.15, -0.1) is 11.3 Å². The first-order valence-electron chi connectivity index (χ1n) is 10.9. The summed E-state index contributed by atoms with van der Waals surface area (Å²) < 4.78 is 5.73. The van der Waals surface area contributed by atoms with Gasteiger partial charge in [-0.25, -0.2) is 0 Å². The third-order valence-corrected chi connectivity index (χ3v) is 6.58. The van der Waals surface area contributed by atoms with E-state index in [9.17, 15) is 14.7 Å². The first kappa shape index (κ1) is 22.7. The van der Waals surface area contributed by atoms with Gasteiger partial charge in [-0.1, -0.05) is 19.9 Å². The molecule has 33 heavy (non-hydrogen) atoms. The van der Waals surface area contributed by atoms with Gasteiger partial charge in [-0.3, -0.25) is 14.6 Å². The van der Waals surface area contributed by atoms with E-state index in [1.165, 1.54) is 16.2 Å². The Morgan fingerprint density at radius 2 is 1.94 bits per heavy atom. The molecule has 1 aliphatic heterocycles. The summed E-state index contributed by atoms with van der Waals surface area (Å²) in [6.45, 7) is 6.78. The molecular formula is C26H26N2O4S. The summed E-state index contributed by atoms with van der Waals surface area (Å²) in [5.41, 5.74) is 2.39. The number of carbonyl (C=O) groups is 2. The Morgan fingerprint density at radius 3 is 2.58 bits per heavy atom. The van der Waals surface area contributed by atoms with Crippen molar-refractivity contribution in [2.45, 2.75) is 39.3 Å². The van der Waals surface area contributed by atoms with E-state index < -0.39 is 17.7 Å². The Morgan fingerprint density at radius 1 is 1.18 bits per heavy atom. The number of ether oxygens (including phenoxy) is 1. The number of pyridine rings is 1. The Kier molecular flexibility index (Phi) is 6.60. The fraction of sp³-hybridized carbons (Fsp3) is 0.269. The summed E-state index contributed by atoms with van der Waals surface area (Å²) in [7, 11) is 0. The van der Waals surface area contributed by atoms with Crippen molar-refractivity contribution in [2.75, 3.05) is 6.61 Å². The molecular weight excluding hydrogens is 436 g/mol. The Balaban J connectivity index is 1.83. The van der Waals surface area contributed by atoms with Gasteiger partial charge in [-0.05, 0) is 65.7 Å². The van der Waals surface area contributed by atoms with Crippen molar-refractivity contribution < 1.29 is 19.4 Å². The maximum atomic E-state index is 13.2. The molecule has 1 fully saturated rings. The summed E-state index contributed by atoms with van der Waals surface area (Å²) in [6.07, 6.45) is 3.30. The summed E-state index contributed by atoms with van der Waals surface area (Å²) in [6, 6.07) is 12.1. The molecule has 4 rings (SSSR count). The van der Waals surface area contributed by atoms with E-state index in [4.69, 9.17) is 4.74 Å². The number of hydrogen-bond donors (Lipinski definition) is 1. The predicted octanol–water partition coefficient (Wildman–Crippen LogP) is 5.29. The summed E-state index contributed by atoms with van der Waals surface area (Å²) in [5.74, 6) is -0.575. The first-order chi connectivity index (χ1) is 15.9. The maximum Gasteiger partial charge on any atom is 0.295 e. The quantitative estimate of drug-likeness (QED) is 0.293. The van der Waals surface area contributed by atoms with E-state index in [0.29, 0.717) is 12.2 Å². The van der Waals surface area contributed by atoms with E-state index in [2.05, 4.69) is 4.98 Å². The van der Waals surface area contributed by atoms with Crippen molar-refractivity contribution >= 4 is 28.8 Å². The molecule has 1 N–H and O–H groups in total. The number of rotatable bonds is 7. The second kappa shape index (κ2) is 9.58. The Bertz CT molecular complexity index is 1190. The van der Waals surface area contributed by atoms with Gasteiger partial charge in [0.1, 0.15) is 11.5 Å². The van der Waals surface area contributed by atoms with E-state index >= 15 is 0 Å². The molecule has 7 heteroatoms. The molecule has 6 nitrogen and oxygen atoms in total. The standard InChI is InChI=1S/C26H26N2O4S/c1-4-32-20-8-7-18(14-19(20)16(2)3)24(29)22-23(21-6-5-13-33-21)28(26(31)25(22)30)15-17-9-11-27-12-10-17/h5-14,16,23,29H,4,15H2,1-3H3/b24-22-. The SMILES string of the molecule is CCOc1ccc(/C(O)=C2/C(=O)C(=O)N(Cc3ccncc3)C2c2cccs2)cc1C(C)C. The highest BCUT2D eigenvalue weighted by Gasteiger charge is 2.46. The molecule has 1 amide bonds. The number of aliphatic hydroxyl groups excluding tert-OH is 1. The summed E-state index contributed by atoms with van der Waals surface area (Å²) >= 11 is 1.45. The van der Waals surface area contributed by atoms with Crippen LogP contribution in [0.1, 0.15) is 54.3 Å². The lowest BCUT2D eigenvalue weighted by Crippen LogP contribution is -2.28. The average molecular weight is 463 g/mol. The fourth-order valence-electron chi connectivity index (χ4n) is 4.06. The molecule has 1 atom stereocenters. The van der Waals surface area contributed by atoms with Crippen LogP contribution in [0.3, 0.4) is 0 Å². The van der Waals surface area contributed by atoms with Gasteiger partial charge in [-0.2, -0.15) is 0 Å². The minimum Gasteiger partial charge on any atom is -0.507 e. The average Bonchev–Trinajstić information content (AvgIpc) is 3.42. The molecule has 3 aromatic rings. The third kappa shape index (κ3) is 4.41. The smallest absolute Gasteiger partial charge is 0.295 e. The third-order valence-electron chi connectivity index (χ3n) is 5.66. The number of amides is 1. The number of likely N-dealkylation sites (tertiary alicyclic amines) is 1. The van der Waals surface area contributed by atoms with Gasteiger partial charge in [0.2, 0.25) is 0 Å². The highest BCUT2D eigenvalue weighted by molar-refractivity contribution is 7.10.